The summed E-state index contributed by atoms with van der Waals surface area (Å²) in [6, 6.07) is 7.78. The molecule has 19 heavy (non-hydrogen) atoms. The SMILES string of the molecule is O=C(O)c1ncsc1CN1CCOc2ccccc21. The highest BCUT2D eigenvalue weighted by Gasteiger charge is 2.21. The Labute approximate surface area is 114 Å². The molecule has 1 aliphatic heterocycles. The molecule has 98 valence electrons. The van der Waals surface area contributed by atoms with E-state index in [9.17, 15) is 4.79 Å². The first-order valence-electron chi connectivity index (χ1n) is 5.88. The van der Waals surface area contributed by atoms with Gasteiger partial charge in [-0.3, -0.25) is 0 Å². The Kier molecular flexibility index (Phi) is 3.08. The van der Waals surface area contributed by atoms with Gasteiger partial charge in [0.2, 0.25) is 0 Å². The van der Waals surface area contributed by atoms with E-state index in [0.717, 1.165) is 22.9 Å². The van der Waals surface area contributed by atoms with Crippen LogP contribution in [0.2, 0.25) is 0 Å². The lowest BCUT2D eigenvalue weighted by Crippen LogP contribution is -2.32. The van der Waals surface area contributed by atoms with Gasteiger partial charge in [0.15, 0.2) is 5.69 Å². The summed E-state index contributed by atoms with van der Waals surface area (Å²) in [4.78, 5) is 17.9. The van der Waals surface area contributed by atoms with Crippen LogP contribution in [0, 0.1) is 0 Å². The van der Waals surface area contributed by atoms with Gasteiger partial charge in [-0.25, -0.2) is 9.78 Å². The molecule has 5 nitrogen and oxygen atoms in total. The lowest BCUT2D eigenvalue weighted by atomic mass is 10.2. The van der Waals surface area contributed by atoms with Crippen molar-refractivity contribution < 1.29 is 14.6 Å². The first-order valence-corrected chi connectivity index (χ1v) is 6.76. The predicted molar refractivity (Wildman–Crippen MR) is 72.1 cm³/mol. The fourth-order valence-corrected chi connectivity index (χ4v) is 2.89. The highest BCUT2D eigenvalue weighted by molar-refractivity contribution is 7.09. The van der Waals surface area contributed by atoms with E-state index >= 15 is 0 Å². The molecule has 3 rings (SSSR count). The van der Waals surface area contributed by atoms with Gasteiger partial charge in [-0.05, 0) is 12.1 Å². The molecule has 0 radical (unpaired) electrons. The van der Waals surface area contributed by atoms with Gasteiger partial charge in [0, 0.05) is 0 Å². The Hall–Kier alpha value is -2.08. The molecule has 0 aliphatic carbocycles. The molecule has 0 bridgehead atoms. The van der Waals surface area contributed by atoms with Crippen LogP contribution in [0.4, 0.5) is 5.69 Å². The maximum absolute atomic E-state index is 11.1. The van der Waals surface area contributed by atoms with E-state index in [2.05, 4.69) is 9.88 Å². The fraction of sp³-hybridized carbons (Fsp3) is 0.231. The third kappa shape index (κ3) is 2.26. The Morgan fingerprint density at radius 2 is 2.32 bits per heavy atom. The number of fused-ring (bicyclic) bond motifs is 1. The van der Waals surface area contributed by atoms with Crippen molar-refractivity contribution in [1.82, 2.24) is 4.98 Å². The minimum atomic E-state index is -0.974. The molecule has 0 unspecified atom stereocenters. The lowest BCUT2D eigenvalue weighted by molar-refractivity contribution is 0.0690. The van der Waals surface area contributed by atoms with Gasteiger partial charge in [0.05, 0.1) is 29.2 Å². The number of aromatic nitrogens is 1. The molecule has 0 spiro atoms. The van der Waals surface area contributed by atoms with Crippen LogP contribution in [-0.4, -0.2) is 29.2 Å². The molecule has 1 aromatic heterocycles. The van der Waals surface area contributed by atoms with Crippen LogP contribution >= 0.6 is 11.3 Å². The van der Waals surface area contributed by atoms with Crippen LogP contribution in [0.5, 0.6) is 5.75 Å². The lowest BCUT2D eigenvalue weighted by Gasteiger charge is -2.30. The molecule has 1 aliphatic rings. The standard InChI is InChI=1S/C13H12N2O3S/c16-13(17)12-11(19-8-14-12)7-15-5-6-18-10-4-2-1-3-9(10)15/h1-4,8H,5-7H2,(H,16,17). The summed E-state index contributed by atoms with van der Waals surface area (Å²) in [7, 11) is 0. The monoisotopic (exact) mass is 276 g/mol. The second kappa shape index (κ2) is 4.89. The van der Waals surface area contributed by atoms with Crippen LogP contribution < -0.4 is 9.64 Å². The summed E-state index contributed by atoms with van der Waals surface area (Å²) >= 11 is 1.37. The number of aromatic carboxylic acids is 1. The number of hydrogen-bond donors (Lipinski definition) is 1. The predicted octanol–water partition coefficient (Wildman–Crippen LogP) is 2.24. The van der Waals surface area contributed by atoms with E-state index in [4.69, 9.17) is 9.84 Å². The molecule has 6 heteroatoms. The molecule has 0 amide bonds. The first-order chi connectivity index (χ1) is 9.25. The van der Waals surface area contributed by atoms with E-state index in [1.54, 1.807) is 5.51 Å². The van der Waals surface area contributed by atoms with Gasteiger partial charge >= 0.3 is 5.97 Å². The van der Waals surface area contributed by atoms with E-state index in [1.807, 2.05) is 24.3 Å². The number of benzene rings is 1. The van der Waals surface area contributed by atoms with Crippen molar-refractivity contribution in [3.63, 3.8) is 0 Å². The fourth-order valence-electron chi connectivity index (χ4n) is 2.12. The summed E-state index contributed by atoms with van der Waals surface area (Å²) in [5, 5.41) is 9.08. The van der Waals surface area contributed by atoms with Crippen molar-refractivity contribution in [2.75, 3.05) is 18.1 Å². The van der Waals surface area contributed by atoms with Crippen molar-refractivity contribution >= 4 is 23.0 Å². The summed E-state index contributed by atoms with van der Waals surface area (Å²) in [6.45, 7) is 1.90. The zero-order chi connectivity index (χ0) is 13.2. The second-order valence-electron chi connectivity index (χ2n) is 4.17. The minimum absolute atomic E-state index is 0.147. The van der Waals surface area contributed by atoms with Crippen LogP contribution in [-0.2, 0) is 6.54 Å². The smallest absolute Gasteiger partial charge is 0.355 e. The number of para-hydroxylation sites is 2. The van der Waals surface area contributed by atoms with Crippen molar-refractivity contribution in [1.29, 1.82) is 0 Å². The number of nitrogens with zero attached hydrogens (tertiary/aromatic N) is 2. The molecule has 0 saturated heterocycles. The van der Waals surface area contributed by atoms with Crippen molar-refractivity contribution in [2.24, 2.45) is 0 Å². The highest BCUT2D eigenvalue weighted by atomic mass is 32.1. The number of thiazole rings is 1. The van der Waals surface area contributed by atoms with Gasteiger partial charge < -0.3 is 14.7 Å². The summed E-state index contributed by atoms with van der Waals surface area (Å²) in [5.41, 5.74) is 2.72. The molecule has 2 heterocycles. The Morgan fingerprint density at radius 1 is 1.47 bits per heavy atom. The van der Waals surface area contributed by atoms with Crippen LogP contribution in [0.15, 0.2) is 29.8 Å². The number of carboxylic acids is 1. The number of ether oxygens (including phenoxy) is 1. The van der Waals surface area contributed by atoms with Gasteiger partial charge in [0.1, 0.15) is 12.4 Å². The number of carboxylic acid groups (broad SMARTS) is 1. The average molecular weight is 276 g/mol. The molecule has 2 aromatic rings. The maximum atomic E-state index is 11.1. The molecule has 0 atom stereocenters. The molecule has 1 N–H and O–H groups in total. The van der Waals surface area contributed by atoms with Gasteiger partial charge in [-0.2, -0.15) is 0 Å². The summed E-state index contributed by atoms with van der Waals surface area (Å²) in [6.07, 6.45) is 0. The van der Waals surface area contributed by atoms with E-state index in [0.29, 0.717) is 13.2 Å². The van der Waals surface area contributed by atoms with E-state index < -0.39 is 5.97 Å². The maximum Gasteiger partial charge on any atom is 0.355 e. The second-order valence-corrected chi connectivity index (χ2v) is 5.11. The van der Waals surface area contributed by atoms with Crippen molar-refractivity contribution in [3.8, 4) is 5.75 Å². The topological polar surface area (TPSA) is 62.7 Å². The average Bonchev–Trinajstić information content (AvgIpc) is 2.87. The molecular formula is C13H12N2O3S. The minimum Gasteiger partial charge on any atom is -0.490 e. The van der Waals surface area contributed by atoms with E-state index in [-0.39, 0.29) is 5.69 Å². The molecule has 1 aromatic carbocycles. The van der Waals surface area contributed by atoms with Crippen molar-refractivity contribution in [2.45, 2.75) is 6.54 Å². The normalized spacial score (nSPS) is 13.8. The van der Waals surface area contributed by atoms with Gasteiger partial charge in [0.25, 0.3) is 0 Å². The summed E-state index contributed by atoms with van der Waals surface area (Å²) < 4.78 is 5.58. The Morgan fingerprint density at radius 3 is 3.16 bits per heavy atom. The Balaban J connectivity index is 1.89. The molecule has 0 saturated carbocycles. The zero-order valence-electron chi connectivity index (χ0n) is 10.1. The third-order valence-corrected chi connectivity index (χ3v) is 3.82. The highest BCUT2D eigenvalue weighted by Crippen LogP contribution is 2.32. The van der Waals surface area contributed by atoms with Crippen LogP contribution in [0.25, 0.3) is 0 Å². The van der Waals surface area contributed by atoms with Crippen molar-refractivity contribution in [3.05, 3.63) is 40.3 Å². The molecular weight excluding hydrogens is 264 g/mol. The number of carbonyl (C=O) groups is 1. The Bertz CT molecular complexity index is 611. The third-order valence-electron chi connectivity index (χ3n) is 3.00. The summed E-state index contributed by atoms with van der Waals surface area (Å²) in [5.74, 6) is -0.132. The molecule has 0 fully saturated rings. The number of hydrogen-bond acceptors (Lipinski definition) is 5. The van der Waals surface area contributed by atoms with Crippen LogP contribution in [0.3, 0.4) is 0 Å². The first kappa shape index (κ1) is 12.0. The zero-order valence-corrected chi connectivity index (χ0v) is 10.9. The largest absolute Gasteiger partial charge is 0.490 e. The quantitative estimate of drug-likeness (QED) is 0.931. The number of rotatable bonds is 3. The van der Waals surface area contributed by atoms with Gasteiger partial charge in [-0.1, -0.05) is 12.1 Å². The number of anilines is 1. The van der Waals surface area contributed by atoms with Crippen LogP contribution in [0.1, 0.15) is 15.4 Å². The van der Waals surface area contributed by atoms with E-state index in [1.165, 1.54) is 11.3 Å². The van der Waals surface area contributed by atoms with Gasteiger partial charge in [-0.15, -0.1) is 11.3 Å².